The van der Waals surface area contributed by atoms with Gasteiger partial charge in [0.2, 0.25) is 11.8 Å². The first-order valence-corrected chi connectivity index (χ1v) is 6.18. The number of carbonyl (C=O) groups is 2. The van der Waals surface area contributed by atoms with Gasteiger partial charge in [-0.2, -0.15) is 0 Å². The van der Waals surface area contributed by atoms with E-state index in [1.807, 2.05) is 0 Å². The summed E-state index contributed by atoms with van der Waals surface area (Å²) in [5.74, 6) is 0.0130. The first kappa shape index (κ1) is 13.2. The standard InChI is InChI=1S/C12H22N2O2/c1-10(2)13-8-5-9-14-11(15)6-3-4-7-12(14)16/h10,13H,3-9H2,1-2H3. The largest absolute Gasteiger partial charge is 0.314 e. The monoisotopic (exact) mass is 226 g/mol. The van der Waals surface area contributed by atoms with Crippen LogP contribution < -0.4 is 5.32 Å². The van der Waals surface area contributed by atoms with E-state index >= 15 is 0 Å². The third-order valence-electron chi connectivity index (χ3n) is 2.74. The van der Waals surface area contributed by atoms with E-state index in [1.165, 1.54) is 4.90 Å². The lowest BCUT2D eigenvalue weighted by Crippen LogP contribution is -2.37. The van der Waals surface area contributed by atoms with Crippen molar-refractivity contribution in [2.24, 2.45) is 0 Å². The molecule has 1 rings (SSSR count). The van der Waals surface area contributed by atoms with Gasteiger partial charge in [0.05, 0.1) is 0 Å². The maximum absolute atomic E-state index is 11.6. The number of likely N-dealkylation sites (tertiary alicyclic amines) is 1. The number of hydrogen-bond donors (Lipinski definition) is 1. The summed E-state index contributed by atoms with van der Waals surface area (Å²) in [6, 6.07) is 0.454. The van der Waals surface area contributed by atoms with Gasteiger partial charge in [-0.25, -0.2) is 0 Å². The minimum Gasteiger partial charge on any atom is -0.314 e. The van der Waals surface area contributed by atoms with E-state index in [4.69, 9.17) is 0 Å². The third-order valence-corrected chi connectivity index (χ3v) is 2.74. The molecule has 0 atom stereocenters. The summed E-state index contributed by atoms with van der Waals surface area (Å²) in [7, 11) is 0. The van der Waals surface area contributed by atoms with E-state index in [2.05, 4.69) is 19.2 Å². The molecule has 0 unspecified atom stereocenters. The summed E-state index contributed by atoms with van der Waals surface area (Å²) in [6.07, 6.45) is 3.61. The van der Waals surface area contributed by atoms with Gasteiger partial charge in [-0.1, -0.05) is 13.8 Å². The predicted molar refractivity (Wildman–Crippen MR) is 62.9 cm³/mol. The molecular weight excluding hydrogens is 204 g/mol. The lowest BCUT2D eigenvalue weighted by atomic mass is 10.2. The molecule has 0 aromatic heterocycles. The number of imide groups is 1. The Hall–Kier alpha value is -0.900. The fraction of sp³-hybridized carbons (Fsp3) is 0.833. The van der Waals surface area contributed by atoms with Crippen molar-refractivity contribution in [1.29, 1.82) is 0 Å². The molecule has 1 fully saturated rings. The highest BCUT2D eigenvalue weighted by Crippen LogP contribution is 2.12. The van der Waals surface area contributed by atoms with Crippen LogP contribution in [0.15, 0.2) is 0 Å². The topological polar surface area (TPSA) is 49.4 Å². The molecule has 0 aliphatic carbocycles. The highest BCUT2D eigenvalue weighted by Gasteiger charge is 2.22. The van der Waals surface area contributed by atoms with Crippen LogP contribution in [0.1, 0.15) is 46.0 Å². The van der Waals surface area contributed by atoms with Crippen molar-refractivity contribution in [2.45, 2.75) is 52.0 Å². The minimum atomic E-state index is 0.00652. The minimum absolute atomic E-state index is 0.00652. The zero-order chi connectivity index (χ0) is 12.0. The lowest BCUT2D eigenvalue weighted by Gasteiger charge is -2.19. The smallest absolute Gasteiger partial charge is 0.229 e. The molecule has 1 aliphatic heterocycles. The Morgan fingerprint density at radius 2 is 1.75 bits per heavy atom. The van der Waals surface area contributed by atoms with E-state index in [0.29, 0.717) is 25.4 Å². The Morgan fingerprint density at radius 3 is 2.25 bits per heavy atom. The Kier molecular flexibility index (Phi) is 5.46. The van der Waals surface area contributed by atoms with Gasteiger partial charge in [-0.3, -0.25) is 14.5 Å². The summed E-state index contributed by atoms with van der Waals surface area (Å²) in [5, 5.41) is 3.28. The van der Waals surface area contributed by atoms with Gasteiger partial charge in [0.1, 0.15) is 0 Å². The number of amides is 2. The van der Waals surface area contributed by atoms with Crippen LogP contribution in [-0.2, 0) is 9.59 Å². The third kappa shape index (κ3) is 4.31. The van der Waals surface area contributed by atoms with Crippen molar-refractivity contribution in [1.82, 2.24) is 10.2 Å². The van der Waals surface area contributed by atoms with Gasteiger partial charge in [0.25, 0.3) is 0 Å². The van der Waals surface area contributed by atoms with Gasteiger partial charge in [-0.05, 0) is 25.8 Å². The molecule has 1 saturated heterocycles. The van der Waals surface area contributed by atoms with E-state index in [-0.39, 0.29) is 11.8 Å². The molecule has 92 valence electrons. The zero-order valence-corrected chi connectivity index (χ0v) is 10.3. The molecule has 0 aromatic carbocycles. The maximum atomic E-state index is 11.6. The molecule has 0 spiro atoms. The van der Waals surface area contributed by atoms with Crippen LogP contribution in [0.5, 0.6) is 0 Å². The number of rotatable bonds is 5. The first-order chi connectivity index (χ1) is 7.61. The van der Waals surface area contributed by atoms with E-state index in [1.54, 1.807) is 0 Å². The second-order valence-electron chi connectivity index (χ2n) is 4.61. The van der Waals surface area contributed by atoms with Crippen molar-refractivity contribution < 1.29 is 9.59 Å². The van der Waals surface area contributed by atoms with Gasteiger partial charge in [0.15, 0.2) is 0 Å². The second kappa shape index (κ2) is 6.63. The number of nitrogens with zero attached hydrogens (tertiary/aromatic N) is 1. The van der Waals surface area contributed by atoms with E-state index in [0.717, 1.165) is 25.8 Å². The van der Waals surface area contributed by atoms with Crippen LogP contribution in [0.2, 0.25) is 0 Å². The SMILES string of the molecule is CC(C)NCCCN1C(=O)CCCCC1=O. The number of nitrogens with one attached hydrogen (secondary N) is 1. The van der Waals surface area contributed by atoms with Crippen molar-refractivity contribution in [3.8, 4) is 0 Å². The maximum Gasteiger partial charge on any atom is 0.229 e. The highest BCUT2D eigenvalue weighted by atomic mass is 16.2. The Morgan fingerprint density at radius 1 is 1.19 bits per heavy atom. The summed E-state index contributed by atoms with van der Waals surface area (Å²) in [4.78, 5) is 24.7. The summed E-state index contributed by atoms with van der Waals surface area (Å²) < 4.78 is 0. The zero-order valence-electron chi connectivity index (χ0n) is 10.3. The van der Waals surface area contributed by atoms with E-state index < -0.39 is 0 Å². The Balaban J connectivity index is 2.32. The quantitative estimate of drug-likeness (QED) is 0.568. The predicted octanol–water partition coefficient (Wildman–Crippen LogP) is 1.30. The summed E-state index contributed by atoms with van der Waals surface area (Å²) in [5.41, 5.74) is 0. The van der Waals surface area contributed by atoms with E-state index in [9.17, 15) is 9.59 Å². The van der Waals surface area contributed by atoms with Crippen molar-refractivity contribution >= 4 is 11.8 Å². The highest BCUT2D eigenvalue weighted by molar-refractivity contribution is 5.95. The lowest BCUT2D eigenvalue weighted by molar-refractivity contribution is -0.143. The molecule has 0 saturated carbocycles. The Labute approximate surface area is 97.4 Å². The molecule has 0 bridgehead atoms. The van der Waals surface area contributed by atoms with Crippen LogP contribution in [0, 0.1) is 0 Å². The fourth-order valence-corrected chi connectivity index (χ4v) is 1.84. The average Bonchev–Trinajstić information content (AvgIpc) is 2.37. The average molecular weight is 226 g/mol. The summed E-state index contributed by atoms with van der Waals surface area (Å²) >= 11 is 0. The van der Waals surface area contributed by atoms with Crippen LogP contribution in [0.4, 0.5) is 0 Å². The van der Waals surface area contributed by atoms with Gasteiger partial charge in [-0.15, -0.1) is 0 Å². The van der Waals surface area contributed by atoms with Crippen LogP contribution >= 0.6 is 0 Å². The Bertz CT molecular complexity index is 233. The molecule has 4 nitrogen and oxygen atoms in total. The summed E-state index contributed by atoms with van der Waals surface area (Å²) in [6.45, 7) is 5.59. The van der Waals surface area contributed by atoms with Crippen molar-refractivity contribution in [3.63, 3.8) is 0 Å². The molecule has 1 heterocycles. The molecule has 0 radical (unpaired) electrons. The first-order valence-electron chi connectivity index (χ1n) is 6.18. The second-order valence-corrected chi connectivity index (χ2v) is 4.61. The molecule has 4 heteroatoms. The molecule has 16 heavy (non-hydrogen) atoms. The molecule has 2 amide bonds. The van der Waals surface area contributed by atoms with Crippen LogP contribution in [0.3, 0.4) is 0 Å². The van der Waals surface area contributed by atoms with Crippen LogP contribution in [-0.4, -0.2) is 35.8 Å². The molecule has 1 aliphatic rings. The number of hydrogen-bond acceptors (Lipinski definition) is 3. The number of carbonyl (C=O) groups excluding carboxylic acids is 2. The normalized spacial score (nSPS) is 18.1. The van der Waals surface area contributed by atoms with Crippen LogP contribution in [0.25, 0.3) is 0 Å². The fourth-order valence-electron chi connectivity index (χ4n) is 1.84. The van der Waals surface area contributed by atoms with Gasteiger partial charge in [0, 0.05) is 25.4 Å². The molecule has 1 N–H and O–H groups in total. The van der Waals surface area contributed by atoms with Gasteiger partial charge < -0.3 is 5.32 Å². The van der Waals surface area contributed by atoms with Crippen molar-refractivity contribution in [3.05, 3.63) is 0 Å². The van der Waals surface area contributed by atoms with Gasteiger partial charge >= 0.3 is 0 Å². The molecular formula is C12H22N2O2. The molecule has 0 aromatic rings. The van der Waals surface area contributed by atoms with Crippen molar-refractivity contribution in [2.75, 3.05) is 13.1 Å².